The molecule has 1 aromatic carbocycles. The maximum absolute atomic E-state index is 11.9. The van der Waals surface area contributed by atoms with Crippen molar-refractivity contribution in [1.29, 1.82) is 0 Å². The number of unbranched alkanes of at least 4 members (excludes halogenated alkanes) is 2. The van der Waals surface area contributed by atoms with E-state index in [0.717, 1.165) is 19.4 Å². The maximum atomic E-state index is 11.9. The van der Waals surface area contributed by atoms with E-state index in [0.29, 0.717) is 18.1 Å². The monoisotopic (exact) mass is 231 g/mol. The third kappa shape index (κ3) is 3.09. The number of Topliss-reactive ketones (excluding diaryl/α,β-unsaturated/α-hetero) is 1. The summed E-state index contributed by atoms with van der Waals surface area (Å²) >= 11 is 0. The van der Waals surface area contributed by atoms with Crippen LogP contribution in [-0.4, -0.2) is 12.3 Å². The van der Waals surface area contributed by atoms with E-state index in [1.807, 2.05) is 6.07 Å². The molecule has 0 aromatic heterocycles. The molecule has 0 bridgehead atoms. The van der Waals surface area contributed by atoms with Crippen LogP contribution in [0.4, 0.5) is 5.69 Å². The number of para-hydroxylation sites is 1. The summed E-state index contributed by atoms with van der Waals surface area (Å²) in [6.45, 7) is 3.08. The number of carbonyl (C=O) groups excluding carboxylic acids is 1. The summed E-state index contributed by atoms with van der Waals surface area (Å²) < 4.78 is 0. The lowest BCUT2D eigenvalue weighted by molar-refractivity contribution is -0.119. The third-order valence-electron chi connectivity index (χ3n) is 3.47. The van der Waals surface area contributed by atoms with Crippen molar-refractivity contribution in [2.24, 2.45) is 0 Å². The van der Waals surface area contributed by atoms with Gasteiger partial charge in [-0.05, 0) is 18.1 Å². The Kier molecular flexibility index (Phi) is 4.18. The molecule has 1 aromatic rings. The first-order valence-electron chi connectivity index (χ1n) is 6.65. The van der Waals surface area contributed by atoms with Crippen molar-refractivity contribution < 1.29 is 4.79 Å². The molecular formula is C15H21NO. The smallest absolute Gasteiger partial charge is 0.133 e. The van der Waals surface area contributed by atoms with E-state index in [4.69, 9.17) is 0 Å². The Morgan fingerprint density at radius 3 is 3.00 bits per heavy atom. The SMILES string of the molecule is CCCCCC(=O)CC1CNc2ccccc21. The van der Waals surface area contributed by atoms with Crippen LogP contribution in [0.25, 0.3) is 0 Å². The zero-order valence-corrected chi connectivity index (χ0v) is 10.5. The van der Waals surface area contributed by atoms with Gasteiger partial charge in [0, 0.05) is 31.0 Å². The van der Waals surface area contributed by atoms with Crippen molar-refractivity contribution in [3.05, 3.63) is 29.8 Å². The Balaban J connectivity index is 1.87. The first-order valence-corrected chi connectivity index (χ1v) is 6.65. The number of hydrogen-bond acceptors (Lipinski definition) is 2. The molecule has 1 aliphatic rings. The molecule has 0 radical (unpaired) electrons. The highest BCUT2D eigenvalue weighted by molar-refractivity contribution is 5.80. The second-order valence-corrected chi connectivity index (χ2v) is 4.86. The summed E-state index contributed by atoms with van der Waals surface area (Å²) in [5.74, 6) is 0.808. The molecule has 1 heterocycles. The molecule has 0 aliphatic carbocycles. The molecule has 92 valence electrons. The minimum atomic E-state index is 0.389. The molecule has 0 amide bonds. The highest BCUT2D eigenvalue weighted by Gasteiger charge is 2.23. The van der Waals surface area contributed by atoms with Crippen LogP contribution in [-0.2, 0) is 4.79 Å². The molecule has 17 heavy (non-hydrogen) atoms. The molecule has 2 rings (SSSR count). The fourth-order valence-electron chi connectivity index (χ4n) is 2.49. The van der Waals surface area contributed by atoms with Gasteiger partial charge >= 0.3 is 0 Å². The highest BCUT2D eigenvalue weighted by atomic mass is 16.1. The van der Waals surface area contributed by atoms with E-state index in [2.05, 4.69) is 30.4 Å². The predicted octanol–water partition coefficient (Wildman–Crippen LogP) is 3.74. The van der Waals surface area contributed by atoms with Gasteiger partial charge in [-0.3, -0.25) is 4.79 Å². The van der Waals surface area contributed by atoms with Gasteiger partial charge in [-0.2, -0.15) is 0 Å². The lowest BCUT2D eigenvalue weighted by atomic mass is 9.94. The highest BCUT2D eigenvalue weighted by Crippen LogP contribution is 2.33. The van der Waals surface area contributed by atoms with Crippen molar-refractivity contribution in [1.82, 2.24) is 0 Å². The molecule has 2 heteroatoms. The van der Waals surface area contributed by atoms with Crippen LogP contribution in [0.5, 0.6) is 0 Å². The Morgan fingerprint density at radius 1 is 1.35 bits per heavy atom. The van der Waals surface area contributed by atoms with Crippen LogP contribution >= 0.6 is 0 Å². The lowest BCUT2D eigenvalue weighted by Gasteiger charge is -2.08. The molecule has 2 nitrogen and oxygen atoms in total. The number of anilines is 1. The third-order valence-corrected chi connectivity index (χ3v) is 3.47. The average Bonchev–Trinajstić information content (AvgIpc) is 2.73. The molecule has 1 aliphatic heterocycles. The maximum Gasteiger partial charge on any atom is 0.133 e. The first-order chi connectivity index (χ1) is 8.31. The molecular weight excluding hydrogens is 210 g/mol. The van der Waals surface area contributed by atoms with Crippen LogP contribution in [0.15, 0.2) is 24.3 Å². The largest absolute Gasteiger partial charge is 0.384 e. The average molecular weight is 231 g/mol. The summed E-state index contributed by atoms with van der Waals surface area (Å²) in [6, 6.07) is 8.33. The van der Waals surface area contributed by atoms with Gasteiger partial charge in [-0.1, -0.05) is 38.0 Å². The Hall–Kier alpha value is -1.31. The normalized spacial score (nSPS) is 17.6. The van der Waals surface area contributed by atoms with Crippen LogP contribution in [0.3, 0.4) is 0 Å². The Labute approximate surface area is 103 Å². The number of nitrogens with one attached hydrogen (secondary N) is 1. The van der Waals surface area contributed by atoms with Crippen LogP contribution in [0.1, 0.15) is 50.5 Å². The van der Waals surface area contributed by atoms with E-state index in [1.165, 1.54) is 24.1 Å². The van der Waals surface area contributed by atoms with Gasteiger partial charge in [-0.25, -0.2) is 0 Å². The van der Waals surface area contributed by atoms with Gasteiger partial charge in [0.25, 0.3) is 0 Å². The molecule has 0 fully saturated rings. The second-order valence-electron chi connectivity index (χ2n) is 4.86. The Morgan fingerprint density at radius 2 is 2.18 bits per heavy atom. The van der Waals surface area contributed by atoms with Gasteiger partial charge < -0.3 is 5.32 Å². The van der Waals surface area contributed by atoms with E-state index in [-0.39, 0.29) is 0 Å². The van der Waals surface area contributed by atoms with Crippen LogP contribution in [0.2, 0.25) is 0 Å². The summed E-state index contributed by atoms with van der Waals surface area (Å²) in [7, 11) is 0. The fourth-order valence-corrected chi connectivity index (χ4v) is 2.49. The predicted molar refractivity (Wildman–Crippen MR) is 71.4 cm³/mol. The number of rotatable bonds is 6. The standard InChI is InChI=1S/C15H21NO/c1-2-3-4-7-13(17)10-12-11-16-15-9-6-5-8-14(12)15/h5-6,8-9,12,16H,2-4,7,10-11H2,1H3. The summed E-state index contributed by atoms with van der Waals surface area (Å²) in [5.41, 5.74) is 2.52. The molecule has 0 saturated carbocycles. The molecule has 1 N–H and O–H groups in total. The number of carbonyl (C=O) groups is 1. The summed E-state index contributed by atoms with van der Waals surface area (Å²) in [5, 5.41) is 3.37. The van der Waals surface area contributed by atoms with E-state index >= 15 is 0 Å². The van der Waals surface area contributed by atoms with Crippen molar-refractivity contribution in [2.45, 2.75) is 44.9 Å². The zero-order valence-electron chi connectivity index (χ0n) is 10.5. The summed E-state index contributed by atoms with van der Waals surface area (Å²) in [6.07, 6.45) is 4.86. The molecule has 0 spiro atoms. The minimum absolute atomic E-state index is 0.389. The lowest BCUT2D eigenvalue weighted by Crippen LogP contribution is -2.09. The van der Waals surface area contributed by atoms with Gasteiger partial charge in [0.2, 0.25) is 0 Å². The quantitative estimate of drug-likeness (QED) is 0.756. The molecule has 1 unspecified atom stereocenters. The zero-order chi connectivity index (χ0) is 12.1. The van der Waals surface area contributed by atoms with Crippen molar-refractivity contribution in [3.63, 3.8) is 0 Å². The van der Waals surface area contributed by atoms with E-state index in [9.17, 15) is 4.79 Å². The van der Waals surface area contributed by atoms with Crippen molar-refractivity contribution in [3.8, 4) is 0 Å². The van der Waals surface area contributed by atoms with Gasteiger partial charge in [0.15, 0.2) is 0 Å². The number of benzene rings is 1. The van der Waals surface area contributed by atoms with Crippen LogP contribution < -0.4 is 5.32 Å². The topological polar surface area (TPSA) is 29.1 Å². The Bertz CT molecular complexity index is 386. The minimum Gasteiger partial charge on any atom is -0.384 e. The van der Waals surface area contributed by atoms with Crippen molar-refractivity contribution in [2.75, 3.05) is 11.9 Å². The molecule has 0 saturated heterocycles. The van der Waals surface area contributed by atoms with Crippen LogP contribution in [0, 0.1) is 0 Å². The first kappa shape index (κ1) is 12.2. The van der Waals surface area contributed by atoms with Crippen molar-refractivity contribution >= 4 is 11.5 Å². The van der Waals surface area contributed by atoms with Gasteiger partial charge in [0.1, 0.15) is 5.78 Å². The molecule has 1 atom stereocenters. The van der Waals surface area contributed by atoms with Gasteiger partial charge in [-0.15, -0.1) is 0 Å². The van der Waals surface area contributed by atoms with Gasteiger partial charge in [0.05, 0.1) is 0 Å². The number of hydrogen-bond donors (Lipinski definition) is 1. The van der Waals surface area contributed by atoms with E-state index < -0.39 is 0 Å². The fraction of sp³-hybridized carbons (Fsp3) is 0.533. The second kappa shape index (κ2) is 5.85. The van der Waals surface area contributed by atoms with E-state index in [1.54, 1.807) is 0 Å². The summed E-state index contributed by atoms with van der Waals surface area (Å²) in [4.78, 5) is 11.9. The number of fused-ring (bicyclic) bond motifs is 1. The number of ketones is 1.